The van der Waals surface area contributed by atoms with Crippen molar-refractivity contribution in [2.24, 2.45) is 0 Å². The average Bonchev–Trinajstić information content (AvgIpc) is 3.07. The highest BCUT2D eigenvalue weighted by Gasteiger charge is 2.10. The summed E-state index contributed by atoms with van der Waals surface area (Å²) in [5, 5.41) is 10.4. The molecule has 0 radical (unpaired) electrons. The summed E-state index contributed by atoms with van der Waals surface area (Å²) in [5.41, 5.74) is 1.87. The lowest BCUT2D eigenvalue weighted by molar-refractivity contribution is -0.118. The number of anilines is 1. The van der Waals surface area contributed by atoms with E-state index in [0.717, 1.165) is 22.0 Å². The van der Waals surface area contributed by atoms with Gasteiger partial charge in [0.1, 0.15) is 5.75 Å². The van der Waals surface area contributed by atoms with Crippen molar-refractivity contribution in [3.8, 4) is 5.75 Å². The molecule has 0 bridgehead atoms. The number of aromatic nitrogens is 2. The first kappa shape index (κ1) is 20.3. The number of ether oxygens (including phenoxy) is 1. The summed E-state index contributed by atoms with van der Waals surface area (Å²) in [5.74, 6) is 0.840. The molecule has 0 aliphatic rings. The second kappa shape index (κ2) is 8.78. The molecule has 1 aromatic heterocycles. The zero-order valence-corrected chi connectivity index (χ0v) is 17.7. The first-order valence-electron chi connectivity index (χ1n) is 9.38. The first-order chi connectivity index (χ1) is 14.5. The predicted molar refractivity (Wildman–Crippen MR) is 121 cm³/mol. The molecule has 0 fully saturated rings. The molecule has 0 saturated carbocycles. The van der Waals surface area contributed by atoms with Crippen LogP contribution in [0.3, 0.4) is 0 Å². The molecular weight excluding hydrogens is 421 g/mol. The van der Waals surface area contributed by atoms with Gasteiger partial charge in [-0.05, 0) is 47.5 Å². The molecular formula is C23H19Cl2N3O2. The molecule has 0 saturated heterocycles. The van der Waals surface area contributed by atoms with Crippen molar-refractivity contribution < 1.29 is 9.53 Å². The monoisotopic (exact) mass is 439 g/mol. The quantitative estimate of drug-likeness (QED) is 0.418. The van der Waals surface area contributed by atoms with Crippen molar-refractivity contribution in [3.63, 3.8) is 0 Å². The Morgan fingerprint density at radius 2 is 1.80 bits per heavy atom. The molecule has 4 aromatic rings. The topological polar surface area (TPSA) is 56.1 Å². The molecule has 0 spiro atoms. The smallest absolute Gasteiger partial charge is 0.263 e. The zero-order chi connectivity index (χ0) is 21.1. The molecule has 3 aromatic carbocycles. The van der Waals surface area contributed by atoms with Gasteiger partial charge in [0, 0.05) is 11.8 Å². The van der Waals surface area contributed by atoms with Gasteiger partial charge in [-0.2, -0.15) is 5.10 Å². The lowest BCUT2D eigenvalue weighted by Gasteiger charge is -2.07. The minimum absolute atomic E-state index is 0.100. The van der Waals surface area contributed by atoms with E-state index in [1.807, 2.05) is 61.5 Å². The van der Waals surface area contributed by atoms with Gasteiger partial charge in [-0.1, -0.05) is 59.6 Å². The molecule has 1 heterocycles. The normalized spacial score (nSPS) is 10.9. The molecule has 7 heteroatoms. The first-order valence-corrected chi connectivity index (χ1v) is 10.1. The molecule has 4 rings (SSSR count). The minimum Gasteiger partial charge on any atom is -0.484 e. The summed E-state index contributed by atoms with van der Waals surface area (Å²) in [6.45, 7) is 2.34. The number of nitrogens with zero attached hydrogens (tertiary/aromatic N) is 2. The summed E-state index contributed by atoms with van der Waals surface area (Å²) in [6.07, 6.45) is 0. The van der Waals surface area contributed by atoms with Crippen LogP contribution in [0.4, 0.5) is 5.82 Å². The fourth-order valence-corrected chi connectivity index (χ4v) is 3.45. The number of amides is 1. The van der Waals surface area contributed by atoms with Gasteiger partial charge in [0.2, 0.25) is 0 Å². The second-order valence-corrected chi connectivity index (χ2v) is 7.74. The molecule has 152 valence electrons. The van der Waals surface area contributed by atoms with Crippen molar-refractivity contribution in [1.82, 2.24) is 9.78 Å². The third kappa shape index (κ3) is 4.75. The van der Waals surface area contributed by atoms with Gasteiger partial charge in [-0.15, -0.1) is 0 Å². The standard InChI is InChI=1S/C23H19Cl2N3O2/c1-15-10-22(27-28(15)13-16-6-9-20(24)21(25)11-16)26-23(29)14-30-19-8-7-17-4-2-3-5-18(17)12-19/h2-12H,13-14H2,1H3,(H,26,27,29). The Morgan fingerprint density at radius 3 is 2.60 bits per heavy atom. The number of hydrogen-bond acceptors (Lipinski definition) is 3. The summed E-state index contributed by atoms with van der Waals surface area (Å²) >= 11 is 12.0. The van der Waals surface area contributed by atoms with E-state index in [2.05, 4.69) is 10.4 Å². The van der Waals surface area contributed by atoms with E-state index in [1.54, 1.807) is 16.8 Å². The van der Waals surface area contributed by atoms with Crippen LogP contribution in [0.1, 0.15) is 11.3 Å². The van der Waals surface area contributed by atoms with E-state index in [1.165, 1.54) is 0 Å². The van der Waals surface area contributed by atoms with Gasteiger partial charge in [0.15, 0.2) is 12.4 Å². The van der Waals surface area contributed by atoms with Crippen LogP contribution in [0.15, 0.2) is 66.7 Å². The van der Waals surface area contributed by atoms with Crippen LogP contribution in [0.2, 0.25) is 10.0 Å². The average molecular weight is 440 g/mol. The zero-order valence-electron chi connectivity index (χ0n) is 16.2. The maximum Gasteiger partial charge on any atom is 0.263 e. The Morgan fingerprint density at radius 1 is 1.00 bits per heavy atom. The van der Waals surface area contributed by atoms with Crippen molar-refractivity contribution in [2.45, 2.75) is 13.5 Å². The summed E-state index contributed by atoms with van der Waals surface area (Å²) in [6, 6.07) is 21.0. The van der Waals surface area contributed by atoms with Crippen LogP contribution >= 0.6 is 23.2 Å². The SMILES string of the molecule is Cc1cc(NC(=O)COc2ccc3ccccc3c2)nn1Cc1ccc(Cl)c(Cl)c1. The summed E-state index contributed by atoms with van der Waals surface area (Å²) in [7, 11) is 0. The lowest BCUT2D eigenvalue weighted by Crippen LogP contribution is -2.20. The van der Waals surface area contributed by atoms with E-state index in [4.69, 9.17) is 27.9 Å². The number of nitrogens with one attached hydrogen (secondary N) is 1. The molecule has 1 N–H and O–H groups in total. The van der Waals surface area contributed by atoms with Crippen LogP contribution in [-0.2, 0) is 11.3 Å². The molecule has 30 heavy (non-hydrogen) atoms. The van der Waals surface area contributed by atoms with Crippen LogP contribution < -0.4 is 10.1 Å². The van der Waals surface area contributed by atoms with Crippen LogP contribution in [-0.4, -0.2) is 22.3 Å². The molecule has 0 unspecified atom stereocenters. The number of carbonyl (C=O) groups excluding carboxylic acids is 1. The van der Waals surface area contributed by atoms with Gasteiger partial charge < -0.3 is 10.1 Å². The summed E-state index contributed by atoms with van der Waals surface area (Å²) < 4.78 is 7.42. The van der Waals surface area contributed by atoms with E-state index < -0.39 is 0 Å². The number of fused-ring (bicyclic) bond motifs is 1. The largest absolute Gasteiger partial charge is 0.484 e. The highest BCUT2D eigenvalue weighted by Crippen LogP contribution is 2.24. The van der Waals surface area contributed by atoms with Crippen LogP contribution in [0, 0.1) is 6.92 Å². The van der Waals surface area contributed by atoms with Crippen LogP contribution in [0.5, 0.6) is 5.75 Å². The fraction of sp³-hybridized carbons (Fsp3) is 0.130. The molecule has 0 aliphatic carbocycles. The van der Waals surface area contributed by atoms with E-state index in [0.29, 0.717) is 28.2 Å². The van der Waals surface area contributed by atoms with Gasteiger partial charge in [0.05, 0.1) is 16.6 Å². The third-order valence-corrected chi connectivity index (χ3v) is 5.39. The second-order valence-electron chi connectivity index (χ2n) is 6.92. The summed E-state index contributed by atoms with van der Waals surface area (Å²) in [4.78, 5) is 12.3. The Labute approximate surface area is 184 Å². The molecule has 0 aliphatic heterocycles. The number of aryl methyl sites for hydroxylation is 1. The van der Waals surface area contributed by atoms with Gasteiger partial charge in [-0.3, -0.25) is 9.48 Å². The number of benzene rings is 3. The lowest BCUT2D eigenvalue weighted by atomic mass is 10.1. The maximum absolute atomic E-state index is 12.3. The van der Waals surface area contributed by atoms with Crippen molar-refractivity contribution >= 4 is 45.7 Å². The highest BCUT2D eigenvalue weighted by atomic mass is 35.5. The Kier molecular flexibility index (Phi) is 5.93. The Hall–Kier alpha value is -3.02. The maximum atomic E-state index is 12.3. The molecule has 5 nitrogen and oxygen atoms in total. The van der Waals surface area contributed by atoms with Crippen molar-refractivity contribution in [2.75, 3.05) is 11.9 Å². The van der Waals surface area contributed by atoms with E-state index in [9.17, 15) is 4.79 Å². The number of rotatable bonds is 6. The van der Waals surface area contributed by atoms with Crippen molar-refractivity contribution in [1.29, 1.82) is 0 Å². The fourth-order valence-electron chi connectivity index (χ4n) is 3.13. The van der Waals surface area contributed by atoms with Gasteiger partial charge in [-0.25, -0.2) is 0 Å². The highest BCUT2D eigenvalue weighted by molar-refractivity contribution is 6.42. The van der Waals surface area contributed by atoms with E-state index in [-0.39, 0.29) is 12.5 Å². The number of hydrogen-bond donors (Lipinski definition) is 1. The number of halogens is 2. The van der Waals surface area contributed by atoms with Crippen molar-refractivity contribution in [3.05, 3.63) is 88.0 Å². The minimum atomic E-state index is -0.276. The van der Waals surface area contributed by atoms with Gasteiger partial charge >= 0.3 is 0 Å². The Balaban J connectivity index is 1.37. The van der Waals surface area contributed by atoms with Crippen LogP contribution in [0.25, 0.3) is 10.8 Å². The van der Waals surface area contributed by atoms with Gasteiger partial charge in [0.25, 0.3) is 5.91 Å². The predicted octanol–water partition coefficient (Wildman–Crippen LogP) is 5.72. The third-order valence-electron chi connectivity index (χ3n) is 4.66. The molecule has 0 atom stereocenters. The molecule has 1 amide bonds. The number of carbonyl (C=O) groups is 1. The Bertz CT molecular complexity index is 1220. The van der Waals surface area contributed by atoms with E-state index >= 15 is 0 Å².